The average molecular weight is 189 g/mol. The molecule has 3 nitrogen and oxygen atoms in total. The quantitative estimate of drug-likeness (QED) is 0.770. The molecule has 0 radical (unpaired) electrons. The van der Waals surface area contributed by atoms with Gasteiger partial charge in [-0.2, -0.15) is 0 Å². The fourth-order valence-electron chi connectivity index (χ4n) is 1.30. The van der Waals surface area contributed by atoms with Gasteiger partial charge in [0.25, 0.3) is 0 Å². The highest BCUT2D eigenvalue weighted by Gasteiger charge is 2.18. The third-order valence-electron chi connectivity index (χ3n) is 2.02. The zero-order valence-corrected chi connectivity index (χ0v) is 7.64. The monoisotopic (exact) mass is 189 g/mol. The highest BCUT2D eigenvalue weighted by atomic mass is 16.6. The van der Waals surface area contributed by atoms with Crippen LogP contribution >= 0.6 is 0 Å². The van der Waals surface area contributed by atoms with E-state index >= 15 is 0 Å². The second-order valence-electron chi connectivity index (χ2n) is 3.12. The number of alkyl carbamates (subject to hydrolysis) is 1. The van der Waals surface area contributed by atoms with Gasteiger partial charge in [-0.3, -0.25) is 0 Å². The van der Waals surface area contributed by atoms with Crippen molar-refractivity contribution in [2.24, 2.45) is 0 Å². The summed E-state index contributed by atoms with van der Waals surface area (Å²) in [6.45, 7) is 0.419. The molecule has 72 valence electrons. The van der Waals surface area contributed by atoms with Crippen LogP contribution in [0.15, 0.2) is 36.4 Å². The van der Waals surface area contributed by atoms with E-state index in [0.717, 1.165) is 5.56 Å². The smallest absolute Gasteiger partial charge is 0.407 e. The minimum absolute atomic E-state index is 0.00251. The first-order valence-electron chi connectivity index (χ1n) is 4.51. The number of carbonyl (C=O) groups excluding carboxylic acids is 1. The van der Waals surface area contributed by atoms with Crippen LogP contribution in [0.4, 0.5) is 4.79 Å². The number of nitrogens with one attached hydrogen (secondary N) is 1. The van der Waals surface area contributed by atoms with Gasteiger partial charge in [0, 0.05) is 0 Å². The van der Waals surface area contributed by atoms with Gasteiger partial charge in [-0.25, -0.2) is 4.79 Å². The van der Waals surface area contributed by atoms with Crippen LogP contribution in [0.25, 0.3) is 6.08 Å². The maximum atomic E-state index is 10.7. The van der Waals surface area contributed by atoms with Crippen molar-refractivity contribution >= 4 is 12.2 Å². The lowest BCUT2D eigenvalue weighted by atomic mass is 10.2. The third kappa shape index (κ3) is 2.13. The Morgan fingerprint density at radius 1 is 1.36 bits per heavy atom. The predicted molar refractivity (Wildman–Crippen MR) is 53.7 cm³/mol. The van der Waals surface area contributed by atoms with Gasteiger partial charge >= 0.3 is 6.09 Å². The normalized spacial score (nSPS) is 20.9. The van der Waals surface area contributed by atoms with Gasteiger partial charge in [-0.1, -0.05) is 42.5 Å². The van der Waals surface area contributed by atoms with E-state index in [9.17, 15) is 4.79 Å². The molecular formula is C11H11NO2. The van der Waals surface area contributed by atoms with Gasteiger partial charge in [-0.05, 0) is 5.56 Å². The van der Waals surface area contributed by atoms with Gasteiger partial charge in [0.15, 0.2) is 0 Å². The Morgan fingerprint density at radius 3 is 2.79 bits per heavy atom. The van der Waals surface area contributed by atoms with E-state index in [0.29, 0.717) is 6.61 Å². The maximum absolute atomic E-state index is 10.7. The lowest BCUT2D eigenvalue weighted by molar-refractivity contribution is 0.177. The molecule has 1 aromatic rings. The Bertz CT molecular complexity index is 346. The van der Waals surface area contributed by atoms with E-state index < -0.39 is 0 Å². The molecule has 1 aliphatic heterocycles. The third-order valence-corrected chi connectivity index (χ3v) is 2.02. The molecule has 1 atom stereocenters. The number of ether oxygens (including phenoxy) is 1. The lowest BCUT2D eigenvalue weighted by Crippen LogP contribution is -2.23. The molecule has 2 rings (SSSR count). The zero-order chi connectivity index (χ0) is 9.80. The van der Waals surface area contributed by atoms with Crippen molar-refractivity contribution in [1.29, 1.82) is 0 Å². The van der Waals surface area contributed by atoms with Crippen molar-refractivity contribution < 1.29 is 9.53 Å². The molecule has 0 aliphatic carbocycles. The molecule has 1 amide bonds. The Hall–Kier alpha value is -1.77. The Balaban J connectivity index is 1.97. The van der Waals surface area contributed by atoms with Crippen LogP contribution in [-0.2, 0) is 4.74 Å². The summed E-state index contributed by atoms with van der Waals surface area (Å²) in [7, 11) is 0. The molecule has 3 heteroatoms. The Kier molecular flexibility index (Phi) is 2.49. The maximum Gasteiger partial charge on any atom is 0.407 e. The van der Waals surface area contributed by atoms with Crippen molar-refractivity contribution in [3.05, 3.63) is 42.0 Å². The summed E-state index contributed by atoms with van der Waals surface area (Å²) in [6.07, 6.45) is 3.56. The predicted octanol–water partition coefficient (Wildman–Crippen LogP) is 1.81. The number of rotatable bonds is 2. The standard InChI is InChI=1S/C11H11NO2/c13-11-12-10(8-14-11)7-6-9-4-2-1-3-5-9/h1-7,10H,8H2,(H,12,13)/b7-6+. The molecule has 0 aromatic heterocycles. The molecule has 1 saturated heterocycles. The summed E-state index contributed by atoms with van der Waals surface area (Å²) < 4.78 is 4.75. The fourth-order valence-corrected chi connectivity index (χ4v) is 1.30. The molecule has 1 fully saturated rings. The summed E-state index contributed by atoms with van der Waals surface area (Å²) in [6, 6.07) is 9.94. The van der Waals surface area contributed by atoms with Crippen molar-refractivity contribution in [2.75, 3.05) is 6.61 Å². The first kappa shape index (κ1) is 8.81. The zero-order valence-electron chi connectivity index (χ0n) is 7.64. The molecule has 1 N–H and O–H groups in total. The molecular weight excluding hydrogens is 178 g/mol. The second kappa shape index (κ2) is 3.96. The van der Waals surface area contributed by atoms with Crippen LogP contribution < -0.4 is 5.32 Å². The number of cyclic esters (lactones) is 1. The number of hydrogen-bond acceptors (Lipinski definition) is 2. The molecule has 0 saturated carbocycles. The largest absolute Gasteiger partial charge is 0.447 e. The van der Waals surface area contributed by atoms with Gasteiger partial charge in [0.2, 0.25) is 0 Å². The minimum Gasteiger partial charge on any atom is -0.447 e. The lowest BCUT2D eigenvalue weighted by Gasteiger charge is -1.98. The first-order valence-corrected chi connectivity index (χ1v) is 4.51. The van der Waals surface area contributed by atoms with Gasteiger partial charge in [0.1, 0.15) is 6.61 Å². The molecule has 1 aromatic carbocycles. The highest BCUT2D eigenvalue weighted by molar-refractivity contribution is 5.70. The molecule has 1 aliphatic rings. The van der Waals surface area contributed by atoms with Crippen LogP contribution in [0, 0.1) is 0 Å². The van der Waals surface area contributed by atoms with E-state index in [1.165, 1.54) is 0 Å². The van der Waals surface area contributed by atoms with E-state index in [-0.39, 0.29) is 12.1 Å². The fraction of sp³-hybridized carbons (Fsp3) is 0.182. The summed E-state index contributed by atoms with van der Waals surface area (Å²) >= 11 is 0. The van der Waals surface area contributed by atoms with Crippen molar-refractivity contribution in [1.82, 2.24) is 5.32 Å². The van der Waals surface area contributed by atoms with E-state index in [1.807, 2.05) is 42.5 Å². The van der Waals surface area contributed by atoms with E-state index in [2.05, 4.69) is 5.32 Å². The first-order chi connectivity index (χ1) is 6.84. The van der Waals surface area contributed by atoms with E-state index in [4.69, 9.17) is 4.74 Å². The summed E-state index contributed by atoms with van der Waals surface area (Å²) in [4.78, 5) is 10.7. The Labute approximate surface area is 82.4 Å². The van der Waals surface area contributed by atoms with Crippen LogP contribution in [0.5, 0.6) is 0 Å². The van der Waals surface area contributed by atoms with Crippen LogP contribution in [0.3, 0.4) is 0 Å². The molecule has 0 spiro atoms. The minimum atomic E-state index is -0.340. The van der Waals surface area contributed by atoms with Crippen molar-refractivity contribution in [3.8, 4) is 0 Å². The van der Waals surface area contributed by atoms with E-state index in [1.54, 1.807) is 0 Å². The van der Waals surface area contributed by atoms with Crippen LogP contribution in [0.1, 0.15) is 5.56 Å². The SMILES string of the molecule is O=C1NC(/C=C/c2ccccc2)CO1. The Morgan fingerprint density at radius 2 is 2.14 bits per heavy atom. The topological polar surface area (TPSA) is 38.3 Å². The number of amides is 1. The summed E-state index contributed by atoms with van der Waals surface area (Å²) in [5, 5.41) is 2.68. The highest BCUT2D eigenvalue weighted by Crippen LogP contribution is 2.04. The van der Waals surface area contributed by atoms with Crippen LogP contribution in [-0.4, -0.2) is 18.7 Å². The van der Waals surface area contributed by atoms with Crippen molar-refractivity contribution in [2.45, 2.75) is 6.04 Å². The average Bonchev–Trinajstić information content (AvgIpc) is 2.63. The van der Waals surface area contributed by atoms with Crippen molar-refractivity contribution in [3.63, 3.8) is 0 Å². The number of carbonyl (C=O) groups is 1. The summed E-state index contributed by atoms with van der Waals surface area (Å²) in [5.74, 6) is 0. The number of benzene rings is 1. The van der Waals surface area contributed by atoms with Gasteiger partial charge in [0.05, 0.1) is 6.04 Å². The summed E-state index contributed by atoms with van der Waals surface area (Å²) in [5.41, 5.74) is 1.12. The van der Waals surface area contributed by atoms with Crippen LogP contribution in [0.2, 0.25) is 0 Å². The number of hydrogen-bond donors (Lipinski definition) is 1. The van der Waals surface area contributed by atoms with Gasteiger partial charge in [-0.15, -0.1) is 0 Å². The van der Waals surface area contributed by atoms with Gasteiger partial charge < -0.3 is 10.1 Å². The molecule has 14 heavy (non-hydrogen) atoms. The second-order valence-corrected chi connectivity index (χ2v) is 3.12. The molecule has 0 bridgehead atoms. The molecule has 1 heterocycles. The molecule has 1 unspecified atom stereocenters.